The average Bonchev–Trinajstić information content (AvgIpc) is 2.63. The van der Waals surface area contributed by atoms with E-state index in [-0.39, 0.29) is 0 Å². The molecule has 0 saturated heterocycles. The van der Waals surface area contributed by atoms with E-state index < -0.39 is 0 Å². The fraction of sp³-hybridized carbons (Fsp3) is 0.958. The van der Waals surface area contributed by atoms with E-state index in [2.05, 4.69) is 13.8 Å². The summed E-state index contributed by atoms with van der Waals surface area (Å²) in [6.45, 7) is 4.98. The minimum atomic E-state index is 0.385. The first kappa shape index (κ1) is 21.0. The molecular weight excluding hydrogens is 304 g/mol. The number of unbranched alkanes of at least 4 members (excludes halogenated alkanes) is 6. The second-order valence-corrected chi connectivity index (χ2v) is 9.52. The fourth-order valence-electron chi connectivity index (χ4n) is 5.63. The van der Waals surface area contributed by atoms with Crippen molar-refractivity contribution in [1.82, 2.24) is 0 Å². The van der Waals surface area contributed by atoms with E-state index in [9.17, 15) is 4.79 Å². The highest BCUT2D eigenvalue weighted by Gasteiger charge is 2.26. The van der Waals surface area contributed by atoms with E-state index in [1.807, 2.05) is 0 Å². The number of hydrogen-bond donors (Lipinski definition) is 0. The molecule has 0 aromatic carbocycles. The monoisotopic (exact) mass is 348 g/mol. The van der Waals surface area contributed by atoms with Crippen molar-refractivity contribution in [3.63, 3.8) is 0 Å². The summed E-state index contributed by atoms with van der Waals surface area (Å²) in [4.78, 5) is 10.8. The minimum Gasteiger partial charge on any atom is -0.303 e. The van der Waals surface area contributed by atoms with E-state index in [0.717, 1.165) is 36.5 Å². The van der Waals surface area contributed by atoms with Gasteiger partial charge in [-0.25, -0.2) is 0 Å². The number of carbonyl (C=O) groups is 1. The van der Waals surface area contributed by atoms with Gasteiger partial charge in [0, 0.05) is 5.92 Å². The Labute approximate surface area is 157 Å². The molecule has 1 heteroatoms. The third-order valence-electron chi connectivity index (χ3n) is 7.51. The van der Waals surface area contributed by atoms with E-state index in [0.29, 0.717) is 5.92 Å². The van der Waals surface area contributed by atoms with Crippen molar-refractivity contribution in [3.8, 4) is 0 Å². The molecule has 1 nitrogen and oxygen atoms in total. The number of rotatable bonds is 11. The molecule has 2 rings (SSSR count). The Hall–Kier alpha value is -0.330. The quantitative estimate of drug-likeness (QED) is 0.278. The summed E-state index contributed by atoms with van der Waals surface area (Å²) in [5, 5.41) is 0. The Morgan fingerprint density at radius 3 is 1.76 bits per heavy atom. The number of hydrogen-bond acceptors (Lipinski definition) is 1. The van der Waals surface area contributed by atoms with Gasteiger partial charge in [-0.2, -0.15) is 0 Å². The summed E-state index contributed by atoms with van der Waals surface area (Å²) >= 11 is 0. The smallest absolute Gasteiger partial charge is 0.123 e. The van der Waals surface area contributed by atoms with E-state index in [1.54, 1.807) is 0 Å². The molecule has 2 atom stereocenters. The lowest BCUT2D eigenvalue weighted by atomic mass is 9.71. The number of aldehydes is 1. The van der Waals surface area contributed by atoms with Crippen molar-refractivity contribution < 1.29 is 4.79 Å². The first-order valence-electron chi connectivity index (χ1n) is 11.7. The molecular formula is C24H44O. The third kappa shape index (κ3) is 7.83. The SMILES string of the molecule is CC1CCCC(C)C1CCCCCCCCCC1CCC(C=O)CC1. The Bertz CT molecular complexity index is 332. The molecule has 0 aromatic heterocycles. The van der Waals surface area contributed by atoms with Crippen LogP contribution >= 0.6 is 0 Å². The van der Waals surface area contributed by atoms with Crippen molar-refractivity contribution in [3.05, 3.63) is 0 Å². The Balaban J connectivity index is 1.38. The maximum atomic E-state index is 10.8. The third-order valence-corrected chi connectivity index (χ3v) is 7.51. The van der Waals surface area contributed by atoms with Crippen LogP contribution in [0.15, 0.2) is 0 Å². The summed E-state index contributed by atoms with van der Waals surface area (Å²) < 4.78 is 0. The van der Waals surface area contributed by atoms with Crippen LogP contribution in [0, 0.1) is 29.6 Å². The zero-order chi connectivity index (χ0) is 17.9. The van der Waals surface area contributed by atoms with Crippen LogP contribution in [0.2, 0.25) is 0 Å². The Kier molecular flexibility index (Phi) is 10.2. The zero-order valence-corrected chi connectivity index (χ0v) is 17.2. The van der Waals surface area contributed by atoms with Crippen LogP contribution in [-0.2, 0) is 4.79 Å². The van der Waals surface area contributed by atoms with Gasteiger partial charge in [-0.3, -0.25) is 0 Å². The molecule has 0 aromatic rings. The molecule has 25 heavy (non-hydrogen) atoms. The summed E-state index contributed by atoms with van der Waals surface area (Å²) in [6.07, 6.45) is 23.6. The van der Waals surface area contributed by atoms with Crippen LogP contribution in [-0.4, -0.2) is 6.29 Å². The molecule has 0 radical (unpaired) electrons. The highest BCUT2D eigenvalue weighted by atomic mass is 16.1. The summed E-state index contributed by atoms with van der Waals surface area (Å²) in [5.41, 5.74) is 0. The van der Waals surface area contributed by atoms with Crippen molar-refractivity contribution in [2.75, 3.05) is 0 Å². The molecule has 0 amide bonds. The minimum absolute atomic E-state index is 0.385. The van der Waals surface area contributed by atoms with Crippen molar-refractivity contribution >= 4 is 6.29 Å². The van der Waals surface area contributed by atoms with Gasteiger partial charge in [0.25, 0.3) is 0 Å². The molecule has 0 spiro atoms. The first-order valence-corrected chi connectivity index (χ1v) is 11.7. The molecule has 0 aliphatic heterocycles. The van der Waals surface area contributed by atoms with E-state index in [1.165, 1.54) is 96.2 Å². The summed E-state index contributed by atoms with van der Waals surface area (Å²) in [5.74, 6) is 4.28. The lowest BCUT2D eigenvalue weighted by molar-refractivity contribution is -0.112. The van der Waals surface area contributed by atoms with Gasteiger partial charge in [0.15, 0.2) is 0 Å². The summed E-state index contributed by atoms with van der Waals surface area (Å²) in [6, 6.07) is 0. The van der Waals surface area contributed by atoms with Gasteiger partial charge in [-0.15, -0.1) is 0 Å². The molecule has 0 heterocycles. The molecule has 2 fully saturated rings. The van der Waals surface area contributed by atoms with Gasteiger partial charge in [0.1, 0.15) is 6.29 Å². The Morgan fingerprint density at radius 2 is 1.20 bits per heavy atom. The van der Waals surface area contributed by atoms with Gasteiger partial charge in [0.05, 0.1) is 0 Å². The van der Waals surface area contributed by atoms with Crippen LogP contribution in [0.25, 0.3) is 0 Å². The van der Waals surface area contributed by atoms with E-state index in [4.69, 9.17) is 0 Å². The highest BCUT2D eigenvalue weighted by molar-refractivity contribution is 5.53. The van der Waals surface area contributed by atoms with Crippen LogP contribution in [0.5, 0.6) is 0 Å². The molecule has 0 bridgehead atoms. The van der Waals surface area contributed by atoms with Crippen molar-refractivity contribution in [1.29, 1.82) is 0 Å². The van der Waals surface area contributed by atoms with Crippen LogP contribution in [0.3, 0.4) is 0 Å². The van der Waals surface area contributed by atoms with Crippen LogP contribution in [0.4, 0.5) is 0 Å². The molecule has 2 unspecified atom stereocenters. The van der Waals surface area contributed by atoms with Gasteiger partial charge in [0.2, 0.25) is 0 Å². The Morgan fingerprint density at radius 1 is 0.680 bits per heavy atom. The fourth-order valence-corrected chi connectivity index (χ4v) is 5.63. The van der Waals surface area contributed by atoms with Crippen molar-refractivity contribution in [2.45, 2.75) is 117 Å². The predicted molar refractivity (Wildman–Crippen MR) is 109 cm³/mol. The second-order valence-electron chi connectivity index (χ2n) is 9.52. The number of carbonyl (C=O) groups excluding carboxylic acids is 1. The van der Waals surface area contributed by atoms with Crippen LogP contribution < -0.4 is 0 Å². The maximum Gasteiger partial charge on any atom is 0.123 e. The standard InChI is InChI=1S/C24H44O/c1-20-11-10-12-21(2)24(20)14-9-7-5-3-4-6-8-13-22-15-17-23(19-25)18-16-22/h19-24H,3-18H2,1-2H3. The predicted octanol–water partition coefficient (Wildman–Crippen LogP) is 7.57. The molecule has 2 aliphatic carbocycles. The van der Waals surface area contributed by atoms with Gasteiger partial charge >= 0.3 is 0 Å². The molecule has 2 saturated carbocycles. The maximum absolute atomic E-state index is 10.8. The summed E-state index contributed by atoms with van der Waals surface area (Å²) in [7, 11) is 0. The molecule has 2 aliphatic rings. The van der Waals surface area contributed by atoms with Gasteiger partial charge in [-0.1, -0.05) is 84.5 Å². The van der Waals surface area contributed by atoms with E-state index >= 15 is 0 Å². The average molecular weight is 349 g/mol. The molecule has 146 valence electrons. The first-order chi connectivity index (χ1) is 12.2. The normalized spacial score (nSPS) is 33.3. The zero-order valence-electron chi connectivity index (χ0n) is 17.2. The van der Waals surface area contributed by atoms with Crippen LogP contribution in [0.1, 0.15) is 117 Å². The molecule has 0 N–H and O–H groups in total. The lowest BCUT2D eigenvalue weighted by Gasteiger charge is -2.34. The second kappa shape index (κ2) is 12.1. The largest absolute Gasteiger partial charge is 0.303 e. The highest BCUT2D eigenvalue weighted by Crippen LogP contribution is 2.37. The lowest BCUT2D eigenvalue weighted by Crippen LogP contribution is -2.24. The van der Waals surface area contributed by atoms with Gasteiger partial charge in [-0.05, 0) is 55.8 Å². The van der Waals surface area contributed by atoms with Crippen molar-refractivity contribution in [2.24, 2.45) is 29.6 Å². The topological polar surface area (TPSA) is 17.1 Å². The van der Waals surface area contributed by atoms with Gasteiger partial charge < -0.3 is 4.79 Å².